The third-order valence-electron chi connectivity index (χ3n) is 4.97. The fourth-order valence-electron chi connectivity index (χ4n) is 3.49. The zero-order valence-electron chi connectivity index (χ0n) is 14.2. The van der Waals surface area contributed by atoms with E-state index in [1.54, 1.807) is 0 Å². The van der Waals surface area contributed by atoms with Crippen molar-refractivity contribution in [3.8, 4) is 17.3 Å². The highest BCUT2D eigenvalue weighted by atomic mass is 19.1. The van der Waals surface area contributed by atoms with Gasteiger partial charge in [0.25, 0.3) is 5.91 Å². The van der Waals surface area contributed by atoms with E-state index in [0.717, 1.165) is 44.8 Å². The Morgan fingerprint density at radius 3 is 2.62 bits per heavy atom. The smallest absolute Gasteiger partial charge is 0.292 e. The number of nitriles is 1. The second-order valence-electron chi connectivity index (χ2n) is 6.81. The predicted octanol–water partition coefficient (Wildman–Crippen LogP) is 2.71. The van der Waals surface area contributed by atoms with Gasteiger partial charge in [0.2, 0.25) is 5.76 Å². The van der Waals surface area contributed by atoms with Crippen LogP contribution in [0.3, 0.4) is 0 Å². The number of amides is 1. The van der Waals surface area contributed by atoms with Crippen molar-refractivity contribution in [1.29, 1.82) is 5.26 Å². The summed E-state index contributed by atoms with van der Waals surface area (Å²) in [6.45, 7) is 1.80. The Bertz CT molecular complexity index is 863. The van der Waals surface area contributed by atoms with Crippen LogP contribution in [0, 0.1) is 17.1 Å². The number of hydrogen-bond donors (Lipinski definition) is 1. The van der Waals surface area contributed by atoms with Crippen LogP contribution in [0.25, 0.3) is 11.3 Å². The lowest BCUT2D eigenvalue weighted by molar-refractivity contribution is 0.0580. The maximum atomic E-state index is 14.2. The number of nitrogens with one attached hydrogen (secondary N) is 1. The van der Waals surface area contributed by atoms with Crippen LogP contribution in [-0.4, -0.2) is 41.1 Å². The molecule has 4 rings (SSSR count). The molecule has 2 heterocycles. The highest BCUT2D eigenvalue weighted by Gasteiger charge is 2.39. The first-order valence-electron chi connectivity index (χ1n) is 8.87. The molecule has 1 aliphatic heterocycles. The van der Waals surface area contributed by atoms with Gasteiger partial charge in [-0.2, -0.15) is 5.26 Å². The third kappa shape index (κ3) is 3.20. The highest BCUT2D eigenvalue weighted by Crippen LogP contribution is 2.33. The lowest BCUT2D eigenvalue weighted by Crippen LogP contribution is -2.47. The Morgan fingerprint density at radius 1 is 1.23 bits per heavy atom. The topological polar surface area (TPSA) is 82.2 Å². The van der Waals surface area contributed by atoms with Gasteiger partial charge >= 0.3 is 0 Å². The molecule has 1 aromatic carbocycles. The van der Waals surface area contributed by atoms with Gasteiger partial charge in [-0.1, -0.05) is 5.16 Å². The number of hydrogen-bond acceptors (Lipinski definition) is 5. The Kier molecular flexibility index (Phi) is 4.43. The van der Waals surface area contributed by atoms with Gasteiger partial charge in [0, 0.05) is 23.7 Å². The minimum absolute atomic E-state index is 0.134. The molecule has 1 aromatic heterocycles. The van der Waals surface area contributed by atoms with Crippen molar-refractivity contribution >= 4 is 5.91 Å². The fourth-order valence-corrected chi connectivity index (χ4v) is 3.49. The summed E-state index contributed by atoms with van der Waals surface area (Å²) in [5.74, 6) is -0.602. The van der Waals surface area contributed by atoms with Crippen LogP contribution in [0.15, 0.2) is 28.8 Å². The molecule has 2 fully saturated rings. The molecule has 134 valence electrons. The molecule has 7 heteroatoms. The average molecular weight is 354 g/mol. The summed E-state index contributed by atoms with van der Waals surface area (Å²) >= 11 is 0. The Labute approximate surface area is 150 Å². The van der Waals surface area contributed by atoms with E-state index < -0.39 is 5.82 Å². The van der Waals surface area contributed by atoms with E-state index in [0.29, 0.717) is 0 Å². The van der Waals surface area contributed by atoms with Crippen molar-refractivity contribution < 1.29 is 13.7 Å². The molecule has 2 aliphatic rings. The van der Waals surface area contributed by atoms with E-state index >= 15 is 0 Å². The first-order chi connectivity index (χ1) is 12.7. The minimum atomic E-state index is -0.561. The summed E-state index contributed by atoms with van der Waals surface area (Å²) in [7, 11) is 0. The lowest BCUT2D eigenvalue weighted by atomic mass is 10.0. The first-order valence-corrected chi connectivity index (χ1v) is 8.87. The molecule has 1 saturated heterocycles. The average Bonchev–Trinajstić information content (AvgIpc) is 3.37. The van der Waals surface area contributed by atoms with Gasteiger partial charge in [-0.25, -0.2) is 4.39 Å². The van der Waals surface area contributed by atoms with Crippen LogP contribution < -0.4 is 5.32 Å². The molecular formula is C19H19FN4O2. The van der Waals surface area contributed by atoms with E-state index in [4.69, 9.17) is 9.78 Å². The van der Waals surface area contributed by atoms with Gasteiger partial charge in [-0.3, -0.25) is 4.79 Å². The molecule has 1 saturated carbocycles. The summed E-state index contributed by atoms with van der Waals surface area (Å²) in [6.07, 6.45) is 3.88. The van der Waals surface area contributed by atoms with Crippen LogP contribution in [0.1, 0.15) is 41.8 Å². The summed E-state index contributed by atoms with van der Waals surface area (Å²) < 4.78 is 19.4. The first kappa shape index (κ1) is 16.7. The number of carbonyl (C=O) groups is 1. The zero-order chi connectivity index (χ0) is 18.1. The number of piperidine rings is 1. The summed E-state index contributed by atoms with van der Waals surface area (Å²) in [5, 5.41) is 16.0. The summed E-state index contributed by atoms with van der Waals surface area (Å²) in [5.41, 5.74) is 0.708. The van der Waals surface area contributed by atoms with Crippen LogP contribution in [0.5, 0.6) is 0 Å². The van der Waals surface area contributed by atoms with Crippen molar-refractivity contribution in [1.82, 2.24) is 15.4 Å². The second-order valence-corrected chi connectivity index (χ2v) is 6.81. The predicted molar refractivity (Wildman–Crippen MR) is 91.7 cm³/mol. The van der Waals surface area contributed by atoms with Crippen molar-refractivity contribution in [2.24, 2.45) is 0 Å². The van der Waals surface area contributed by atoms with E-state index in [9.17, 15) is 9.18 Å². The number of nitrogens with zero attached hydrogens (tertiary/aromatic N) is 3. The molecule has 26 heavy (non-hydrogen) atoms. The van der Waals surface area contributed by atoms with Crippen molar-refractivity contribution in [3.63, 3.8) is 0 Å². The molecule has 0 spiro atoms. The van der Waals surface area contributed by atoms with E-state index in [-0.39, 0.29) is 40.6 Å². The van der Waals surface area contributed by atoms with Crippen LogP contribution >= 0.6 is 0 Å². The van der Waals surface area contributed by atoms with Gasteiger partial charge in [-0.15, -0.1) is 0 Å². The van der Waals surface area contributed by atoms with Crippen LogP contribution in [0.4, 0.5) is 4.39 Å². The minimum Gasteiger partial charge on any atom is -0.350 e. The molecule has 0 unspecified atom stereocenters. The maximum Gasteiger partial charge on any atom is 0.292 e. The Morgan fingerprint density at radius 2 is 1.96 bits per heavy atom. The van der Waals surface area contributed by atoms with E-state index in [2.05, 4.69) is 10.5 Å². The van der Waals surface area contributed by atoms with Crippen LogP contribution in [-0.2, 0) is 0 Å². The molecule has 1 aliphatic carbocycles. The Balaban J connectivity index is 1.58. The number of halogens is 1. The van der Waals surface area contributed by atoms with Gasteiger partial charge < -0.3 is 14.7 Å². The van der Waals surface area contributed by atoms with Crippen LogP contribution in [0.2, 0.25) is 0 Å². The normalized spacial score (nSPS) is 17.7. The highest BCUT2D eigenvalue weighted by molar-refractivity contribution is 5.93. The molecular weight excluding hydrogens is 335 g/mol. The largest absolute Gasteiger partial charge is 0.350 e. The molecule has 1 amide bonds. The number of aromatic nitrogens is 1. The van der Waals surface area contributed by atoms with Gasteiger partial charge in [0.15, 0.2) is 0 Å². The summed E-state index contributed by atoms with van der Waals surface area (Å²) in [4.78, 5) is 14.9. The lowest BCUT2D eigenvalue weighted by Gasteiger charge is -2.34. The molecule has 2 aromatic rings. The molecule has 0 radical (unpaired) electrons. The van der Waals surface area contributed by atoms with Crippen molar-refractivity contribution in [2.75, 3.05) is 13.1 Å². The molecule has 0 atom stereocenters. The van der Waals surface area contributed by atoms with Gasteiger partial charge in [0.1, 0.15) is 11.5 Å². The number of benzene rings is 1. The number of rotatable bonds is 4. The monoisotopic (exact) mass is 354 g/mol. The van der Waals surface area contributed by atoms with E-state index in [1.165, 1.54) is 18.2 Å². The summed E-state index contributed by atoms with van der Waals surface area (Å²) in [6, 6.07) is 8.00. The van der Waals surface area contributed by atoms with E-state index in [1.807, 2.05) is 11.0 Å². The molecule has 0 bridgehead atoms. The zero-order valence-corrected chi connectivity index (χ0v) is 14.2. The second kappa shape index (κ2) is 6.89. The SMILES string of the molecule is N#Cc1ccc(-c2cc(C(=O)N(C3CCNCC3)C3CC3)on2)c(F)c1. The quantitative estimate of drug-likeness (QED) is 0.913. The third-order valence-corrected chi connectivity index (χ3v) is 4.97. The standard InChI is InChI=1S/C19H19FN4O2/c20-16-9-12(11-21)1-4-15(16)17-10-18(26-23-17)19(25)24(13-2-3-13)14-5-7-22-8-6-14/h1,4,9-10,13-14,22H,2-3,5-8H2. The van der Waals surface area contributed by atoms with Gasteiger partial charge in [-0.05, 0) is 57.0 Å². The Hall–Kier alpha value is -2.72. The fraction of sp³-hybridized carbons (Fsp3) is 0.421. The molecule has 1 N–H and O–H groups in total. The maximum absolute atomic E-state index is 14.2. The van der Waals surface area contributed by atoms with Crippen molar-refractivity contribution in [3.05, 3.63) is 41.4 Å². The van der Waals surface area contributed by atoms with Crippen molar-refractivity contribution in [2.45, 2.75) is 37.8 Å². The number of carbonyl (C=O) groups excluding carboxylic acids is 1. The van der Waals surface area contributed by atoms with Gasteiger partial charge in [0.05, 0.1) is 11.6 Å². The molecule has 6 nitrogen and oxygen atoms in total.